The summed E-state index contributed by atoms with van der Waals surface area (Å²) in [6, 6.07) is 13.7. The van der Waals surface area contributed by atoms with E-state index in [-0.39, 0.29) is 25.5 Å². The molecule has 1 N–H and O–H groups in total. The lowest BCUT2D eigenvalue weighted by Gasteiger charge is -2.23. The Hall–Kier alpha value is -2.75. The van der Waals surface area contributed by atoms with Crippen molar-refractivity contribution in [1.29, 1.82) is 0 Å². The van der Waals surface area contributed by atoms with Crippen LogP contribution in [-0.4, -0.2) is 51.7 Å². The fourth-order valence-electron chi connectivity index (χ4n) is 3.78. The zero-order valence-corrected chi connectivity index (χ0v) is 20.9. The van der Waals surface area contributed by atoms with Gasteiger partial charge in [0.25, 0.3) is 5.91 Å². The van der Waals surface area contributed by atoms with Gasteiger partial charge in [-0.25, -0.2) is 4.98 Å². The number of hydrogen-bond acceptors (Lipinski definition) is 7. The lowest BCUT2D eigenvalue weighted by Crippen LogP contribution is -2.33. The van der Waals surface area contributed by atoms with E-state index in [0.29, 0.717) is 24.5 Å². The van der Waals surface area contributed by atoms with Crippen LogP contribution in [0.4, 0.5) is 11.4 Å². The molecule has 0 unspecified atom stereocenters. The van der Waals surface area contributed by atoms with E-state index in [1.54, 1.807) is 29.5 Å². The molecule has 0 radical (unpaired) electrons. The minimum atomic E-state index is -0.0818. The fourth-order valence-corrected chi connectivity index (χ4v) is 4.57. The molecule has 0 fully saturated rings. The molecule has 9 heteroatoms. The lowest BCUT2D eigenvalue weighted by molar-refractivity contribution is 0.0990. The Balaban J connectivity index is 0.00000306. The average Bonchev–Trinajstić information content (AvgIpc) is 3.32. The van der Waals surface area contributed by atoms with Gasteiger partial charge in [0.1, 0.15) is 11.9 Å². The van der Waals surface area contributed by atoms with Gasteiger partial charge < -0.3 is 24.6 Å². The molecule has 1 atom stereocenters. The van der Waals surface area contributed by atoms with Gasteiger partial charge in [-0.3, -0.25) is 4.79 Å². The zero-order valence-electron chi connectivity index (χ0n) is 19.1. The number of carbonyl (C=O) groups excluding carboxylic acids is 1. The molecule has 3 aromatic rings. The van der Waals surface area contributed by atoms with E-state index in [1.807, 2.05) is 50.5 Å². The van der Waals surface area contributed by atoms with Crippen LogP contribution < -0.4 is 24.6 Å². The minimum absolute atomic E-state index is 0. The Morgan fingerprint density at radius 1 is 1.21 bits per heavy atom. The van der Waals surface area contributed by atoms with Crippen molar-refractivity contribution < 1.29 is 14.3 Å². The number of fused-ring (bicyclic) bond motifs is 1. The van der Waals surface area contributed by atoms with Crippen molar-refractivity contribution in [3.63, 3.8) is 0 Å². The van der Waals surface area contributed by atoms with Crippen LogP contribution in [0.3, 0.4) is 0 Å². The number of anilines is 2. The van der Waals surface area contributed by atoms with Crippen LogP contribution >= 0.6 is 24.8 Å². The number of nitrogens with one attached hydrogen (secondary N) is 1. The van der Waals surface area contributed by atoms with Gasteiger partial charge in [-0.05, 0) is 37.2 Å². The van der Waals surface area contributed by atoms with Crippen LogP contribution in [0.5, 0.6) is 11.6 Å². The van der Waals surface area contributed by atoms with Crippen LogP contribution in [0.2, 0.25) is 0 Å². The predicted octanol–water partition coefficient (Wildman–Crippen LogP) is 4.09. The molecule has 0 aliphatic carbocycles. The number of thiophene rings is 1. The molecule has 0 saturated heterocycles. The number of rotatable bonds is 8. The molecule has 176 valence electrons. The number of benzene rings is 1. The van der Waals surface area contributed by atoms with Gasteiger partial charge in [0.05, 0.1) is 18.4 Å². The van der Waals surface area contributed by atoms with E-state index in [0.717, 1.165) is 30.1 Å². The number of amides is 1. The van der Waals surface area contributed by atoms with E-state index in [9.17, 15) is 4.79 Å². The molecule has 33 heavy (non-hydrogen) atoms. The van der Waals surface area contributed by atoms with Gasteiger partial charge in [0, 0.05) is 55.5 Å². The van der Waals surface area contributed by atoms with Crippen LogP contribution in [0.25, 0.3) is 0 Å². The molecule has 1 aliphatic rings. The number of carbonyl (C=O) groups is 1. The number of aromatic nitrogens is 1. The summed E-state index contributed by atoms with van der Waals surface area (Å²) < 4.78 is 11.6. The van der Waals surface area contributed by atoms with Crippen molar-refractivity contribution in [1.82, 2.24) is 10.3 Å². The Morgan fingerprint density at radius 3 is 2.79 bits per heavy atom. The van der Waals surface area contributed by atoms with Crippen molar-refractivity contribution in [3.8, 4) is 11.6 Å². The van der Waals surface area contributed by atoms with Gasteiger partial charge in [-0.15, -0.1) is 11.3 Å². The molecule has 2 aromatic heterocycles. The first kappa shape index (κ1) is 24.9. The second-order valence-electron chi connectivity index (χ2n) is 7.63. The van der Waals surface area contributed by atoms with Crippen molar-refractivity contribution in [2.75, 3.05) is 50.6 Å². The summed E-state index contributed by atoms with van der Waals surface area (Å²) >= 11 is 1.69. The summed E-state index contributed by atoms with van der Waals surface area (Å²) in [6.45, 7) is 2.10. The first-order chi connectivity index (χ1) is 15.6. The maximum Gasteiger partial charge on any atom is 0.262 e. The molecule has 0 spiro atoms. The summed E-state index contributed by atoms with van der Waals surface area (Å²) in [4.78, 5) is 22.7. The number of hydrogen-bond donors (Lipinski definition) is 1. The molecule has 1 aromatic carbocycles. The first-order valence-electron chi connectivity index (χ1n) is 10.6. The van der Waals surface area contributed by atoms with E-state index in [2.05, 4.69) is 26.6 Å². The highest BCUT2D eigenvalue weighted by Crippen LogP contribution is 2.33. The van der Waals surface area contributed by atoms with Gasteiger partial charge >= 0.3 is 0 Å². The van der Waals surface area contributed by atoms with Crippen LogP contribution in [0.1, 0.15) is 27.8 Å². The molecule has 0 bridgehead atoms. The highest BCUT2D eigenvalue weighted by molar-refractivity contribution is 7.59. The lowest BCUT2D eigenvalue weighted by atomic mass is 10.2. The molecule has 0 saturated carbocycles. The number of likely N-dealkylation sites (N-methyl/N-ethyl adjacent to an activating group) is 1. The molecule has 1 aliphatic heterocycles. The SMILES string of the molecule is CNCC[C@H](Oc1cccc(N2CCN(C)c3cc(OC)ncc3C2=O)c1)c1cccs1.S. The number of ether oxygens (including phenoxy) is 2. The molecule has 3 heterocycles. The Labute approximate surface area is 205 Å². The monoisotopic (exact) mass is 486 g/mol. The summed E-state index contributed by atoms with van der Waals surface area (Å²) in [7, 11) is 5.49. The normalized spacial score (nSPS) is 14.2. The van der Waals surface area contributed by atoms with Gasteiger partial charge in [0.15, 0.2) is 0 Å². The second kappa shape index (κ2) is 11.4. The van der Waals surface area contributed by atoms with Crippen LogP contribution in [0, 0.1) is 0 Å². The smallest absolute Gasteiger partial charge is 0.262 e. The van der Waals surface area contributed by atoms with E-state index in [1.165, 1.54) is 4.88 Å². The summed E-state index contributed by atoms with van der Waals surface area (Å²) in [5, 5.41) is 5.26. The Kier molecular flexibility index (Phi) is 8.60. The first-order valence-corrected chi connectivity index (χ1v) is 11.5. The topological polar surface area (TPSA) is 66.9 Å². The summed E-state index contributed by atoms with van der Waals surface area (Å²) in [5.41, 5.74) is 2.19. The summed E-state index contributed by atoms with van der Waals surface area (Å²) in [5.74, 6) is 1.16. The maximum absolute atomic E-state index is 13.4. The Morgan fingerprint density at radius 2 is 2.06 bits per heavy atom. The third kappa shape index (κ3) is 5.61. The maximum atomic E-state index is 13.4. The third-order valence-electron chi connectivity index (χ3n) is 5.54. The average molecular weight is 487 g/mol. The van der Waals surface area contributed by atoms with Crippen molar-refractivity contribution in [2.45, 2.75) is 12.5 Å². The largest absolute Gasteiger partial charge is 0.485 e. The van der Waals surface area contributed by atoms with Gasteiger partial charge in [-0.2, -0.15) is 13.5 Å². The number of nitrogens with zero attached hydrogens (tertiary/aromatic N) is 3. The predicted molar refractivity (Wildman–Crippen MR) is 139 cm³/mol. The highest BCUT2D eigenvalue weighted by atomic mass is 32.1. The van der Waals surface area contributed by atoms with Crippen LogP contribution in [-0.2, 0) is 0 Å². The van der Waals surface area contributed by atoms with Crippen LogP contribution in [0.15, 0.2) is 54.0 Å². The minimum Gasteiger partial charge on any atom is -0.485 e. The van der Waals surface area contributed by atoms with Crippen molar-refractivity contribution >= 4 is 42.1 Å². The van der Waals surface area contributed by atoms with E-state index < -0.39 is 0 Å². The highest BCUT2D eigenvalue weighted by Gasteiger charge is 2.27. The summed E-state index contributed by atoms with van der Waals surface area (Å²) in [6.07, 6.45) is 2.41. The zero-order chi connectivity index (χ0) is 22.5. The molecule has 1 amide bonds. The van der Waals surface area contributed by atoms with Crippen molar-refractivity contribution in [3.05, 3.63) is 64.5 Å². The van der Waals surface area contributed by atoms with Crippen molar-refractivity contribution in [2.24, 2.45) is 0 Å². The van der Waals surface area contributed by atoms with E-state index >= 15 is 0 Å². The molecular formula is C24H30N4O3S2. The molecular weight excluding hydrogens is 456 g/mol. The number of pyridine rings is 1. The quantitative estimate of drug-likeness (QED) is 0.517. The molecule has 7 nitrogen and oxygen atoms in total. The van der Waals surface area contributed by atoms with Gasteiger partial charge in [0.2, 0.25) is 5.88 Å². The Bertz CT molecular complexity index is 1060. The fraction of sp³-hybridized carbons (Fsp3) is 0.333. The van der Waals surface area contributed by atoms with E-state index in [4.69, 9.17) is 9.47 Å². The molecule has 4 rings (SSSR count). The standard InChI is InChI=1S/C24H28N4O3S.H2S/c1-25-10-9-21(22-8-5-13-32-22)31-18-7-4-6-17(14-18)28-12-11-27(2)20-15-23(30-3)26-16-19(20)24(28)29;/h4-8,13-16,21,25H,9-12H2,1-3H3;1H2/t21-;/m0./s1. The second-order valence-corrected chi connectivity index (χ2v) is 8.61. The number of methoxy groups -OCH3 is 1. The third-order valence-corrected chi connectivity index (χ3v) is 6.50. The van der Waals surface area contributed by atoms with Gasteiger partial charge in [-0.1, -0.05) is 12.1 Å².